The molecule has 0 aromatic heterocycles. The lowest BCUT2D eigenvalue weighted by Gasteiger charge is -2.40. The molecule has 0 bridgehead atoms. The van der Waals surface area contributed by atoms with Gasteiger partial charge in [-0.3, -0.25) is 14.4 Å². The summed E-state index contributed by atoms with van der Waals surface area (Å²) >= 11 is 0. The predicted molar refractivity (Wildman–Crippen MR) is 96.6 cm³/mol. The topological polar surface area (TPSA) is 95.9 Å². The number of methoxy groups -OCH3 is 1. The van der Waals surface area contributed by atoms with E-state index in [2.05, 4.69) is 5.32 Å². The monoisotopic (exact) mass is 368 g/mol. The van der Waals surface area contributed by atoms with Crippen LogP contribution in [-0.2, 0) is 19.1 Å². The van der Waals surface area contributed by atoms with E-state index in [1.165, 1.54) is 26.4 Å². The second-order valence-electron chi connectivity index (χ2n) is 7.88. The molecule has 1 saturated heterocycles. The number of nitrogens with one attached hydrogen (secondary N) is 1. The van der Waals surface area contributed by atoms with E-state index in [1.54, 1.807) is 11.8 Å². The third-order valence-corrected chi connectivity index (χ3v) is 5.71. The van der Waals surface area contributed by atoms with E-state index >= 15 is 0 Å². The molecule has 2 amide bonds. The Kier molecular flexibility index (Phi) is 7.43. The summed E-state index contributed by atoms with van der Waals surface area (Å²) in [6, 6.07) is -0.641. The van der Waals surface area contributed by atoms with Crippen molar-refractivity contribution in [1.29, 1.82) is 0 Å². The van der Waals surface area contributed by atoms with E-state index < -0.39 is 17.4 Å². The summed E-state index contributed by atoms with van der Waals surface area (Å²) < 4.78 is 5.10. The summed E-state index contributed by atoms with van der Waals surface area (Å²) in [6.45, 7) is 2.39. The molecule has 2 unspecified atom stereocenters. The molecule has 2 rings (SSSR count). The van der Waals surface area contributed by atoms with Gasteiger partial charge in [-0.15, -0.1) is 0 Å². The molecule has 2 N–H and O–H groups in total. The van der Waals surface area contributed by atoms with Crippen molar-refractivity contribution < 1.29 is 24.2 Å². The maximum absolute atomic E-state index is 12.7. The molecule has 0 spiro atoms. The Hall–Kier alpha value is -1.63. The number of rotatable bonds is 7. The van der Waals surface area contributed by atoms with E-state index in [0.29, 0.717) is 31.7 Å². The highest BCUT2D eigenvalue weighted by molar-refractivity contribution is 5.88. The summed E-state index contributed by atoms with van der Waals surface area (Å²) in [6.07, 6.45) is 7.34. The highest BCUT2D eigenvalue weighted by atomic mass is 16.5. The minimum atomic E-state index is -1.06. The van der Waals surface area contributed by atoms with Gasteiger partial charge in [-0.25, -0.2) is 0 Å². The number of likely N-dealkylation sites (tertiary alicyclic amines) is 1. The second-order valence-corrected chi connectivity index (χ2v) is 7.88. The van der Waals surface area contributed by atoms with Crippen molar-refractivity contribution in [3.8, 4) is 0 Å². The van der Waals surface area contributed by atoms with Crippen LogP contribution in [0.5, 0.6) is 0 Å². The van der Waals surface area contributed by atoms with Crippen molar-refractivity contribution in [2.75, 3.05) is 26.8 Å². The van der Waals surface area contributed by atoms with Crippen molar-refractivity contribution in [3.63, 3.8) is 0 Å². The van der Waals surface area contributed by atoms with Crippen molar-refractivity contribution >= 4 is 17.8 Å². The van der Waals surface area contributed by atoms with Crippen molar-refractivity contribution in [2.24, 2.45) is 11.3 Å². The van der Waals surface area contributed by atoms with E-state index in [4.69, 9.17) is 4.74 Å². The molecule has 2 atom stereocenters. The standard InChI is InChI=1S/C19H32N2O5/c1-14(20-16(22)11-15-7-4-3-5-8-15)17(23)21-10-6-9-19(12-21,13-26-2)18(24)25/h14-15H,3-13H2,1-2H3,(H,20,22)(H,24,25). The van der Waals surface area contributed by atoms with Crippen LogP contribution in [0, 0.1) is 11.3 Å². The number of hydrogen-bond donors (Lipinski definition) is 2. The molecule has 148 valence electrons. The number of carbonyl (C=O) groups is 3. The van der Waals surface area contributed by atoms with Gasteiger partial charge in [0.15, 0.2) is 0 Å². The van der Waals surface area contributed by atoms with Gasteiger partial charge in [0, 0.05) is 26.6 Å². The molecule has 1 heterocycles. The maximum atomic E-state index is 12.7. The van der Waals surface area contributed by atoms with Gasteiger partial charge >= 0.3 is 5.97 Å². The molecule has 1 aliphatic carbocycles. The van der Waals surface area contributed by atoms with Gasteiger partial charge in [-0.2, -0.15) is 0 Å². The van der Waals surface area contributed by atoms with Gasteiger partial charge in [0.1, 0.15) is 11.5 Å². The minimum Gasteiger partial charge on any atom is -0.481 e. The first-order valence-electron chi connectivity index (χ1n) is 9.68. The number of carboxylic acid groups (broad SMARTS) is 1. The average Bonchev–Trinajstić information content (AvgIpc) is 2.62. The highest BCUT2D eigenvalue weighted by Crippen LogP contribution is 2.31. The van der Waals surface area contributed by atoms with Crippen LogP contribution in [-0.4, -0.2) is 60.6 Å². The van der Waals surface area contributed by atoms with Gasteiger partial charge in [-0.05, 0) is 38.5 Å². The third-order valence-electron chi connectivity index (χ3n) is 5.71. The molecule has 7 heteroatoms. The number of piperidine rings is 1. The van der Waals surface area contributed by atoms with Crippen LogP contribution in [0.3, 0.4) is 0 Å². The Bertz CT molecular complexity index is 514. The van der Waals surface area contributed by atoms with Gasteiger partial charge in [-0.1, -0.05) is 19.3 Å². The Labute approximate surface area is 155 Å². The second kappa shape index (κ2) is 9.35. The maximum Gasteiger partial charge on any atom is 0.313 e. The number of carboxylic acids is 1. The largest absolute Gasteiger partial charge is 0.481 e. The lowest BCUT2D eigenvalue weighted by atomic mass is 9.80. The summed E-state index contributed by atoms with van der Waals surface area (Å²) in [5.74, 6) is -0.826. The molecular weight excluding hydrogens is 336 g/mol. The lowest BCUT2D eigenvalue weighted by molar-refractivity contribution is -0.159. The zero-order valence-corrected chi connectivity index (χ0v) is 16.0. The first-order valence-corrected chi connectivity index (χ1v) is 9.68. The summed E-state index contributed by atoms with van der Waals surface area (Å²) in [4.78, 5) is 38.2. The normalized spacial score (nSPS) is 25.5. The van der Waals surface area contributed by atoms with Crippen molar-refractivity contribution in [1.82, 2.24) is 10.2 Å². The van der Waals surface area contributed by atoms with Crippen LogP contribution in [0.25, 0.3) is 0 Å². The number of carbonyl (C=O) groups excluding carboxylic acids is 2. The van der Waals surface area contributed by atoms with Gasteiger partial charge in [0.25, 0.3) is 0 Å². The van der Waals surface area contributed by atoms with E-state index in [-0.39, 0.29) is 25.0 Å². The Morgan fingerprint density at radius 3 is 2.54 bits per heavy atom. The Morgan fingerprint density at radius 1 is 1.23 bits per heavy atom. The first-order chi connectivity index (χ1) is 12.4. The molecule has 2 aliphatic rings. The van der Waals surface area contributed by atoms with E-state index in [1.807, 2.05) is 0 Å². The SMILES string of the molecule is COCC1(C(=O)O)CCCN(C(=O)C(C)NC(=O)CC2CCCCC2)C1. The lowest BCUT2D eigenvalue weighted by Crippen LogP contribution is -2.56. The zero-order valence-electron chi connectivity index (χ0n) is 16.0. The third kappa shape index (κ3) is 5.19. The number of nitrogens with zero attached hydrogens (tertiary/aromatic N) is 1. The fourth-order valence-electron chi connectivity index (χ4n) is 4.24. The molecular formula is C19H32N2O5. The molecule has 2 fully saturated rings. The van der Waals surface area contributed by atoms with Gasteiger partial charge in [0.2, 0.25) is 11.8 Å². The number of ether oxygens (including phenoxy) is 1. The molecule has 26 heavy (non-hydrogen) atoms. The van der Waals surface area contributed by atoms with E-state index in [0.717, 1.165) is 12.8 Å². The smallest absolute Gasteiger partial charge is 0.313 e. The molecule has 0 radical (unpaired) electrons. The molecule has 7 nitrogen and oxygen atoms in total. The van der Waals surface area contributed by atoms with Crippen molar-refractivity contribution in [3.05, 3.63) is 0 Å². The first kappa shape index (κ1) is 20.7. The predicted octanol–water partition coefficient (Wildman–Crippen LogP) is 1.80. The van der Waals surface area contributed by atoms with Gasteiger partial charge < -0.3 is 20.1 Å². The van der Waals surface area contributed by atoms with Gasteiger partial charge in [0.05, 0.1) is 6.61 Å². The van der Waals surface area contributed by atoms with Crippen molar-refractivity contribution in [2.45, 2.75) is 64.3 Å². The van der Waals surface area contributed by atoms with Crippen LogP contribution in [0.2, 0.25) is 0 Å². The van der Waals surface area contributed by atoms with Crippen LogP contribution < -0.4 is 5.32 Å². The Morgan fingerprint density at radius 2 is 1.92 bits per heavy atom. The minimum absolute atomic E-state index is 0.0779. The Balaban J connectivity index is 1.89. The fraction of sp³-hybridized carbons (Fsp3) is 0.842. The number of hydrogen-bond acceptors (Lipinski definition) is 4. The quantitative estimate of drug-likeness (QED) is 0.714. The summed E-state index contributed by atoms with van der Waals surface area (Å²) in [7, 11) is 1.47. The van der Waals surface area contributed by atoms with Crippen LogP contribution in [0.15, 0.2) is 0 Å². The average molecular weight is 368 g/mol. The van der Waals surface area contributed by atoms with E-state index in [9.17, 15) is 19.5 Å². The zero-order chi connectivity index (χ0) is 19.2. The summed E-state index contributed by atoms with van der Waals surface area (Å²) in [5, 5.41) is 12.4. The number of amides is 2. The molecule has 0 aromatic rings. The molecule has 1 aliphatic heterocycles. The summed E-state index contributed by atoms with van der Waals surface area (Å²) in [5.41, 5.74) is -1.06. The fourth-order valence-corrected chi connectivity index (χ4v) is 4.24. The highest BCUT2D eigenvalue weighted by Gasteiger charge is 2.44. The van der Waals surface area contributed by atoms with Crippen LogP contribution in [0.1, 0.15) is 58.3 Å². The molecule has 0 aromatic carbocycles. The molecule has 1 saturated carbocycles. The van der Waals surface area contributed by atoms with Crippen LogP contribution >= 0.6 is 0 Å². The number of aliphatic carboxylic acids is 1. The van der Waals surface area contributed by atoms with Crippen LogP contribution in [0.4, 0.5) is 0 Å².